The maximum absolute atomic E-state index is 12.2. The van der Waals surface area contributed by atoms with Crippen molar-refractivity contribution in [3.63, 3.8) is 0 Å². The number of amides is 1. The van der Waals surface area contributed by atoms with Crippen LogP contribution in [0.15, 0.2) is 29.1 Å². The summed E-state index contributed by atoms with van der Waals surface area (Å²) in [5, 5.41) is 10.1. The van der Waals surface area contributed by atoms with Crippen LogP contribution in [0.1, 0.15) is 29.8 Å². The molecule has 2 N–H and O–H groups in total. The lowest BCUT2D eigenvalue weighted by Crippen LogP contribution is -2.29. The molecule has 6 nitrogen and oxygen atoms in total. The van der Waals surface area contributed by atoms with E-state index >= 15 is 0 Å². The summed E-state index contributed by atoms with van der Waals surface area (Å²) in [6.45, 7) is 1.35. The Morgan fingerprint density at radius 2 is 2.19 bits per heavy atom. The van der Waals surface area contributed by atoms with Gasteiger partial charge in [-0.2, -0.15) is 5.10 Å². The zero-order valence-electron chi connectivity index (χ0n) is 11.6. The molecular formula is C15H17N3O3. The number of fused-ring (bicyclic) bond motifs is 1. The van der Waals surface area contributed by atoms with E-state index in [2.05, 4.69) is 15.5 Å². The van der Waals surface area contributed by atoms with Crippen LogP contribution in [0, 0.1) is 0 Å². The molecule has 1 saturated heterocycles. The highest BCUT2D eigenvalue weighted by molar-refractivity contribution is 6.04. The monoisotopic (exact) mass is 287 g/mol. The number of nitrogens with zero attached hydrogens (tertiary/aromatic N) is 1. The van der Waals surface area contributed by atoms with Crippen LogP contribution in [-0.2, 0) is 4.74 Å². The minimum absolute atomic E-state index is 0.241. The van der Waals surface area contributed by atoms with Crippen molar-refractivity contribution in [1.82, 2.24) is 15.5 Å². The number of nitrogens with one attached hydrogen (secondary N) is 2. The second-order valence-corrected chi connectivity index (χ2v) is 5.13. The van der Waals surface area contributed by atoms with Crippen molar-refractivity contribution >= 4 is 16.7 Å². The Bertz CT molecular complexity index is 705. The van der Waals surface area contributed by atoms with Gasteiger partial charge in [0.05, 0.1) is 11.5 Å². The summed E-state index contributed by atoms with van der Waals surface area (Å²) in [4.78, 5) is 23.9. The first kappa shape index (κ1) is 13.8. The Morgan fingerprint density at radius 3 is 2.95 bits per heavy atom. The fraction of sp³-hybridized carbons (Fsp3) is 0.400. The standard InChI is InChI=1S/C15H17N3O3/c19-14-12-6-2-1-5-11(12)13(17-18-14)15(20)16-8-7-10-4-3-9-21-10/h1-2,5-6,10H,3-4,7-9H2,(H,16,20)(H,18,19)/t10-/m1/s1. The number of hydrogen-bond donors (Lipinski definition) is 2. The first-order chi connectivity index (χ1) is 10.3. The van der Waals surface area contributed by atoms with Gasteiger partial charge in [0.25, 0.3) is 11.5 Å². The highest BCUT2D eigenvalue weighted by atomic mass is 16.5. The molecule has 0 bridgehead atoms. The lowest BCUT2D eigenvalue weighted by atomic mass is 10.1. The van der Waals surface area contributed by atoms with E-state index < -0.39 is 0 Å². The molecule has 2 aromatic rings. The first-order valence-corrected chi connectivity index (χ1v) is 7.13. The summed E-state index contributed by atoms with van der Waals surface area (Å²) in [6.07, 6.45) is 3.18. The molecule has 0 radical (unpaired) electrons. The summed E-state index contributed by atoms with van der Waals surface area (Å²) < 4.78 is 5.51. The number of rotatable bonds is 4. The molecule has 1 aliphatic heterocycles. The molecule has 1 aromatic carbocycles. The molecular weight excluding hydrogens is 270 g/mol. The Hall–Kier alpha value is -2.21. The van der Waals surface area contributed by atoms with Gasteiger partial charge in [-0.1, -0.05) is 18.2 Å². The SMILES string of the molecule is O=C(NCC[C@H]1CCCO1)c1n[nH]c(=O)c2ccccc12. The molecule has 3 rings (SSSR count). The van der Waals surface area contributed by atoms with Crippen molar-refractivity contribution in [2.75, 3.05) is 13.2 Å². The van der Waals surface area contributed by atoms with Crippen molar-refractivity contribution in [3.8, 4) is 0 Å². The molecule has 1 aliphatic rings. The molecule has 110 valence electrons. The Morgan fingerprint density at radius 1 is 1.38 bits per heavy atom. The largest absolute Gasteiger partial charge is 0.378 e. The molecule has 1 fully saturated rings. The van der Waals surface area contributed by atoms with Crippen molar-refractivity contribution in [1.29, 1.82) is 0 Å². The molecule has 21 heavy (non-hydrogen) atoms. The number of aromatic amines is 1. The summed E-state index contributed by atoms with van der Waals surface area (Å²) >= 11 is 0. The third kappa shape index (κ3) is 2.95. The molecule has 0 spiro atoms. The van der Waals surface area contributed by atoms with Gasteiger partial charge >= 0.3 is 0 Å². The van der Waals surface area contributed by atoms with Gasteiger partial charge in [0, 0.05) is 18.5 Å². The quantitative estimate of drug-likeness (QED) is 0.885. The van der Waals surface area contributed by atoms with Crippen LogP contribution in [0.3, 0.4) is 0 Å². The van der Waals surface area contributed by atoms with E-state index in [1.807, 2.05) is 0 Å². The van der Waals surface area contributed by atoms with Gasteiger partial charge in [-0.25, -0.2) is 5.10 Å². The average molecular weight is 287 g/mol. The van der Waals surface area contributed by atoms with Crippen molar-refractivity contribution in [2.24, 2.45) is 0 Å². The fourth-order valence-electron chi connectivity index (χ4n) is 2.59. The van der Waals surface area contributed by atoms with E-state index in [9.17, 15) is 9.59 Å². The summed E-state index contributed by atoms with van der Waals surface area (Å²) in [7, 11) is 0. The van der Waals surface area contributed by atoms with E-state index in [1.165, 1.54) is 0 Å². The molecule has 0 aliphatic carbocycles. The Labute approximate surface area is 121 Å². The molecule has 6 heteroatoms. The van der Waals surface area contributed by atoms with Crippen LogP contribution in [0.5, 0.6) is 0 Å². The number of benzene rings is 1. The molecule has 2 heterocycles. The van der Waals surface area contributed by atoms with Gasteiger partial charge in [-0.15, -0.1) is 0 Å². The molecule has 0 saturated carbocycles. The number of hydrogen-bond acceptors (Lipinski definition) is 4. The number of H-pyrrole nitrogens is 1. The van der Waals surface area contributed by atoms with Crippen LogP contribution in [0.2, 0.25) is 0 Å². The van der Waals surface area contributed by atoms with E-state index in [0.717, 1.165) is 25.9 Å². The summed E-state index contributed by atoms with van der Waals surface area (Å²) in [6, 6.07) is 6.95. The van der Waals surface area contributed by atoms with E-state index in [-0.39, 0.29) is 23.3 Å². The predicted octanol–water partition coefficient (Wildman–Crippen LogP) is 1.22. The van der Waals surface area contributed by atoms with Gasteiger partial charge in [0.15, 0.2) is 5.69 Å². The van der Waals surface area contributed by atoms with E-state index in [1.54, 1.807) is 24.3 Å². The van der Waals surface area contributed by atoms with Crippen LogP contribution < -0.4 is 10.9 Å². The van der Waals surface area contributed by atoms with E-state index in [4.69, 9.17) is 4.74 Å². The van der Waals surface area contributed by atoms with E-state index in [0.29, 0.717) is 17.3 Å². The van der Waals surface area contributed by atoms with Gasteiger partial charge < -0.3 is 10.1 Å². The van der Waals surface area contributed by atoms with Gasteiger partial charge in [0.2, 0.25) is 0 Å². The summed E-state index contributed by atoms with van der Waals surface area (Å²) in [5.41, 5.74) is -0.0426. The second kappa shape index (κ2) is 6.05. The second-order valence-electron chi connectivity index (χ2n) is 5.13. The topological polar surface area (TPSA) is 84.1 Å². The third-order valence-electron chi connectivity index (χ3n) is 3.69. The predicted molar refractivity (Wildman–Crippen MR) is 78.3 cm³/mol. The molecule has 1 amide bonds. The van der Waals surface area contributed by atoms with Gasteiger partial charge in [-0.05, 0) is 25.3 Å². The zero-order valence-corrected chi connectivity index (χ0v) is 11.6. The average Bonchev–Trinajstić information content (AvgIpc) is 3.01. The highest BCUT2D eigenvalue weighted by Crippen LogP contribution is 2.15. The Kier molecular flexibility index (Phi) is 3.96. The lowest BCUT2D eigenvalue weighted by Gasteiger charge is -2.10. The minimum atomic E-state index is -0.290. The smallest absolute Gasteiger partial charge is 0.272 e. The van der Waals surface area contributed by atoms with Crippen molar-refractivity contribution in [3.05, 3.63) is 40.3 Å². The van der Waals surface area contributed by atoms with Gasteiger partial charge in [0.1, 0.15) is 0 Å². The van der Waals surface area contributed by atoms with Crippen molar-refractivity contribution < 1.29 is 9.53 Å². The number of aromatic nitrogens is 2. The maximum atomic E-state index is 12.2. The van der Waals surface area contributed by atoms with Crippen molar-refractivity contribution in [2.45, 2.75) is 25.4 Å². The maximum Gasteiger partial charge on any atom is 0.272 e. The molecule has 1 atom stereocenters. The fourth-order valence-corrected chi connectivity index (χ4v) is 2.59. The minimum Gasteiger partial charge on any atom is -0.378 e. The highest BCUT2D eigenvalue weighted by Gasteiger charge is 2.17. The lowest BCUT2D eigenvalue weighted by molar-refractivity contribution is 0.0904. The van der Waals surface area contributed by atoms with Crippen LogP contribution in [-0.4, -0.2) is 35.4 Å². The van der Waals surface area contributed by atoms with Crippen LogP contribution in [0.25, 0.3) is 10.8 Å². The summed E-state index contributed by atoms with van der Waals surface area (Å²) in [5.74, 6) is -0.277. The normalized spacial score (nSPS) is 18.0. The van der Waals surface area contributed by atoms with Crippen LogP contribution in [0.4, 0.5) is 0 Å². The number of ether oxygens (including phenoxy) is 1. The van der Waals surface area contributed by atoms with Gasteiger partial charge in [-0.3, -0.25) is 9.59 Å². The molecule has 1 aromatic heterocycles. The number of carbonyl (C=O) groups is 1. The third-order valence-corrected chi connectivity index (χ3v) is 3.69. The zero-order chi connectivity index (χ0) is 14.7. The molecule has 0 unspecified atom stereocenters. The Balaban J connectivity index is 1.72. The first-order valence-electron chi connectivity index (χ1n) is 7.13. The number of carbonyl (C=O) groups excluding carboxylic acids is 1. The van der Waals surface area contributed by atoms with Crippen LogP contribution >= 0.6 is 0 Å².